The molecule has 1 aliphatic rings. The van der Waals surface area contributed by atoms with Crippen molar-refractivity contribution >= 4 is 11.3 Å². The largest absolute Gasteiger partial charge is 0.457 e. The maximum atomic E-state index is 8.94. The minimum absolute atomic E-state index is 0.161. The van der Waals surface area contributed by atoms with Gasteiger partial charge in [0.2, 0.25) is 5.79 Å². The Balaban J connectivity index is 1.51. The average Bonchev–Trinajstić information content (AvgIpc) is 3.38. The monoisotopic (exact) mass is 384 g/mol. The standard InChI is InChI=1S/C20H24N4O2S/c1-2-20(25-13-14-26-20)12-8-4-7-11-17(23-24-21)18-15-22-19(27-18)16-9-5-3-6-10-16/h3,5-6,9-10,13-15,17H,2,4,7-8,11-12H2,1H3. The van der Waals surface area contributed by atoms with Crippen molar-refractivity contribution in [2.24, 2.45) is 5.11 Å². The fourth-order valence-corrected chi connectivity index (χ4v) is 4.16. The number of azide groups is 1. The molecule has 0 saturated heterocycles. The van der Waals surface area contributed by atoms with E-state index < -0.39 is 5.79 Å². The Labute approximate surface area is 163 Å². The summed E-state index contributed by atoms with van der Waals surface area (Å²) in [5.74, 6) is -0.480. The molecule has 3 rings (SSSR count). The summed E-state index contributed by atoms with van der Waals surface area (Å²) < 4.78 is 11.2. The molecule has 0 spiro atoms. The lowest BCUT2D eigenvalue weighted by Crippen LogP contribution is -2.28. The van der Waals surface area contributed by atoms with Crippen molar-refractivity contribution in [2.75, 3.05) is 0 Å². The van der Waals surface area contributed by atoms with Gasteiger partial charge in [-0.3, -0.25) is 0 Å². The SMILES string of the molecule is CCC1(CCCCCC(N=[N+]=[N-])c2cnc(-c3ccccc3)s2)OC=CO1. The first-order valence-corrected chi connectivity index (χ1v) is 10.1. The zero-order valence-electron chi connectivity index (χ0n) is 15.5. The van der Waals surface area contributed by atoms with Gasteiger partial charge in [-0.15, -0.1) is 11.3 Å². The van der Waals surface area contributed by atoms with E-state index in [-0.39, 0.29) is 6.04 Å². The van der Waals surface area contributed by atoms with Crippen molar-refractivity contribution in [1.82, 2.24) is 4.98 Å². The van der Waals surface area contributed by atoms with E-state index in [1.54, 1.807) is 23.9 Å². The lowest BCUT2D eigenvalue weighted by Gasteiger charge is -2.26. The predicted octanol–water partition coefficient (Wildman–Crippen LogP) is 6.74. The van der Waals surface area contributed by atoms with Crippen molar-refractivity contribution in [3.63, 3.8) is 0 Å². The highest BCUT2D eigenvalue weighted by Crippen LogP contribution is 2.34. The summed E-state index contributed by atoms with van der Waals surface area (Å²) in [6.45, 7) is 2.07. The molecule has 0 fully saturated rings. The van der Waals surface area contributed by atoms with Crippen LogP contribution in [0.2, 0.25) is 0 Å². The molecule has 1 aromatic heterocycles. The Morgan fingerprint density at radius 1 is 1.19 bits per heavy atom. The zero-order valence-corrected chi connectivity index (χ0v) is 16.3. The van der Waals surface area contributed by atoms with Gasteiger partial charge in [-0.05, 0) is 18.4 Å². The van der Waals surface area contributed by atoms with Crippen LogP contribution in [0.4, 0.5) is 0 Å². The maximum absolute atomic E-state index is 8.94. The Kier molecular flexibility index (Phi) is 6.74. The molecule has 2 heterocycles. The molecule has 142 valence electrons. The van der Waals surface area contributed by atoms with Crippen molar-refractivity contribution in [1.29, 1.82) is 0 Å². The second-order valence-electron chi connectivity index (χ2n) is 6.53. The normalized spacial score (nSPS) is 15.6. The van der Waals surface area contributed by atoms with Gasteiger partial charge in [0.25, 0.3) is 0 Å². The number of aromatic nitrogens is 1. The van der Waals surface area contributed by atoms with Gasteiger partial charge < -0.3 is 9.47 Å². The minimum Gasteiger partial charge on any atom is -0.457 e. The third-order valence-electron chi connectivity index (χ3n) is 4.76. The van der Waals surface area contributed by atoms with Gasteiger partial charge in [0, 0.05) is 34.4 Å². The molecule has 0 bridgehead atoms. The molecule has 27 heavy (non-hydrogen) atoms. The van der Waals surface area contributed by atoms with Crippen LogP contribution in [-0.4, -0.2) is 10.8 Å². The molecule has 0 saturated carbocycles. The van der Waals surface area contributed by atoms with Gasteiger partial charge in [-0.2, -0.15) is 0 Å². The van der Waals surface area contributed by atoms with E-state index in [0.717, 1.165) is 54.0 Å². The second-order valence-corrected chi connectivity index (χ2v) is 7.59. The summed E-state index contributed by atoms with van der Waals surface area (Å²) in [5.41, 5.74) is 10.0. The summed E-state index contributed by atoms with van der Waals surface area (Å²) in [4.78, 5) is 8.55. The van der Waals surface area contributed by atoms with Gasteiger partial charge in [-0.25, -0.2) is 4.98 Å². The lowest BCUT2D eigenvalue weighted by atomic mass is 10.0. The highest BCUT2D eigenvalue weighted by Gasteiger charge is 2.32. The maximum Gasteiger partial charge on any atom is 0.249 e. The molecular weight excluding hydrogens is 360 g/mol. The van der Waals surface area contributed by atoms with Crippen LogP contribution in [0.1, 0.15) is 56.4 Å². The van der Waals surface area contributed by atoms with Crippen molar-refractivity contribution in [3.05, 3.63) is 64.4 Å². The van der Waals surface area contributed by atoms with Gasteiger partial charge in [0.05, 0.1) is 6.04 Å². The van der Waals surface area contributed by atoms with Crippen LogP contribution < -0.4 is 0 Å². The smallest absolute Gasteiger partial charge is 0.249 e. The summed E-state index contributed by atoms with van der Waals surface area (Å²) in [7, 11) is 0. The molecule has 0 radical (unpaired) electrons. The van der Waals surface area contributed by atoms with Gasteiger partial charge in [0.15, 0.2) is 0 Å². The number of hydrogen-bond acceptors (Lipinski definition) is 5. The fourth-order valence-electron chi connectivity index (χ4n) is 3.18. The molecule has 1 atom stereocenters. The van der Waals surface area contributed by atoms with E-state index in [0.29, 0.717) is 0 Å². The quantitative estimate of drug-likeness (QED) is 0.197. The van der Waals surface area contributed by atoms with Crippen molar-refractivity contribution < 1.29 is 9.47 Å². The Morgan fingerprint density at radius 3 is 2.67 bits per heavy atom. The predicted molar refractivity (Wildman–Crippen MR) is 107 cm³/mol. The number of unbranched alkanes of at least 4 members (excludes halogenated alkanes) is 2. The number of ether oxygens (including phenoxy) is 2. The Morgan fingerprint density at radius 2 is 1.96 bits per heavy atom. The number of hydrogen-bond donors (Lipinski definition) is 0. The van der Waals surface area contributed by atoms with E-state index >= 15 is 0 Å². The molecule has 1 aromatic carbocycles. The highest BCUT2D eigenvalue weighted by molar-refractivity contribution is 7.15. The Bertz CT molecular complexity index is 791. The van der Waals surface area contributed by atoms with E-state index in [1.165, 1.54) is 0 Å². The lowest BCUT2D eigenvalue weighted by molar-refractivity contribution is -0.149. The third-order valence-corrected chi connectivity index (χ3v) is 5.91. The average molecular weight is 385 g/mol. The zero-order chi connectivity index (χ0) is 19.0. The van der Waals surface area contributed by atoms with E-state index in [9.17, 15) is 0 Å². The van der Waals surface area contributed by atoms with Crippen LogP contribution in [0, 0.1) is 0 Å². The molecule has 0 N–H and O–H groups in total. The first kappa shape index (κ1) is 19.3. The van der Waals surface area contributed by atoms with Crippen LogP contribution in [0.3, 0.4) is 0 Å². The van der Waals surface area contributed by atoms with E-state index in [4.69, 9.17) is 15.0 Å². The second kappa shape index (κ2) is 9.44. The molecule has 0 amide bonds. The fraction of sp³-hybridized carbons (Fsp3) is 0.450. The first-order chi connectivity index (χ1) is 13.3. The van der Waals surface area contributed by atoms with Crippen LogP contribution in [-0.2, 0) is 9.47 Å². The molecule has 1 aliphatic heterocycles. The number of benzene rings is 1. The third kappa shape index (κ3) is 5.02. The van der Waals surface area contributed by atoms with Crippen LogP contribution in [0.25, 0.3) is 21.0 Å². The van der Waals surface area contributed by atoms with E-state index in [1.807, 2.05) is 36.5 Å². The summed E-state index contributed by atoms with van der Waals surface area (Å²) in [6.07, 6.45) is 10.6. The van der Waals surface area contributed by atoms with Gasteiger partial charge >= 0.3 is 0 Å². The van der Waals surface area contributed by atoms with Crippen molar-refractivity contribution in [2.45, 2.75) is 57.3 Å². The van der Waals surface area contributed by atoms with Crippen LogP contribution in [0.15, 0.2) is 54.2 Å². The molecule has 0 aliphatic carbocycles. The molecule has 1 unspecified atom stereocenters. The van der Waals surface area contributed by atoms with Crippen LogP contribution >= 0.6 is 11.3 Å². The minimum atomic E-state index is -0.480. The number of nitrogens with zero attached hydrogens (tertiary/aromatic N) is 4. The summed E-state index contributed by atoms with van der Waals surface area (Å²) in [6, 6.07) is 9.90. The molecule has 6 nitrogen and oxygen atoms in total. The first-order valence-electron chi connectivity index (χ1n) is 9.32. The van der Waals surface area contributed by atoms with Crippen LogP contribution in [0.5, 0.6) is 0 Å². The summed E-state index contributed by atoms with van der Waals surface area (Å²) >= 11 is 1.60. The van der Waals surface area contributed by atoms with Gasteiger partial charge in [-0.1, -0.05) is 55.2 Å². The number of rotatable bonds is 10. The molecular formula is C20H24N4O2S. The number of thiazole rings is 1. The summed E-state index contributed by atoms with van der Waals surface area (Å²) in [5, 5.41) is 4.95. The van der Waals surface area contributed by atoms with Gasteiger partial charge in [0.1, 0.15) is 17.5 Å². The topological polar surface area (TPSA) is 80.1 Å². The van der Waals surface area contributed by atoms with Crippen molar-refractivity contribution in [3.8, 4) is 10.6 Å². The van der Waals surface area contributed by atoms with E-state index in [2.05, 4.69) is 21.9 Å². The Hall–Kier alpha value is -2.50. The molecule has 2 aromatic rings. The highest BCUT2D eigenvalue weighted by atomic mass is 32.1. The molecule has 7 heteroatoms.